The van der Waals surface area contributed by atoms with Crippen LogP contribution in [0.15, 0.2) is 24.3 Å². The number of hydrogen-bond acceptors (Lipinski definition) is 0. The van der Waals surface area contributed by atoms with Gasteiger partial charge in [-0.3, -0.25) is 0 Å². The van der Waals surface area contributed by atoms with Crippen molar-refractivity contribution in [1.29, 1.82) is 0 Å². The van der Waals surface area contributed by atoms with Gasteiger partial charge in [-0.1, -0.05) is 23.7 Å². The van der Waals surface area contributed by atoms with Crippen LogP contribution >= 0.6 is 23.2 Å². The third-order valence-corrected chi connectivity index (χ3v) is 3.51. The van der Waals surface area contributed by atoms with Gasteiger partial charge >= 0.3 is 0 Å². The van der Waals surface area contributed by atoms with Crippen molar-refractivity contribution >= 4 is 23.2 Å². The molecule has 0 N–H and O–H groups in total. The highest BCUT2D eigenvalue weighted by Gasteiger charge is 2.30. The van der Waals surface area contributed by atoms with Crippen molar-refractivity contribution in [3.8, 4) is 0 Å². The highest BCUT2D eigenvalue weighted by molar-refractivity contribution is 6.30. The quantitative estimate of drug-likeness (QED) is 0.680. The lowest BCUT2D eigenvalue weighted by Crippen LogP contribution is -2.08. The molecule has 1 saturated carbocycles. The van der Waals surface area contributed by atoms with Crippen molar-refractivity contribution in [2.45, 2.75) is 19.3 Å². The van der Waals surface area contributed by atoms with Crippen LogP contribution in [0.5, 0.6) is 0 Å². The van der Waals surface area contributed by atoms with Gasteiger partial charge in [0.1, 0.15) is 0 Å². The fourth-order valence-electron chi connectivity index (χ4n) is 1.88. The molecule has 1 atom stereocenters. The molecule has 0 aliphatic heterocycles. The Morgan fingerprint density at radius 3 is 2.71 bits per heavy atom. The highest BCUT2D eigenvalue weighted by Crippen LogP contribution is 2.39. The lowest BCUT2D eigenvalue weighted by Gasteiger charge is -2.12. The van der Waals surface area contributed by atoms with Crippen LogP contribution in [-0.4, -0.2) is 5.88 Å². The summed E-state index contributed by atoms with van der Waals surface area (Å²) in [5.41, 5.74) is 1.31. The molecule has 1 fully saturated rings. The Morgan fingerprint density at radius 2 is 2.14 bits per heavy atom. The summed E-state index contributed by atoms with van der Waals surface area (Å²) in [5.74, 6) is 2.29. The number of rotatable bonds is 4. The van der Waals surface area contributed by atoms with Crippen LogP contribution in [0.4, 0.5) is 0 Å². The largest absolute Gasteiger partial charge is 0.126 e. The smallest absolute Gasteiger partial charge is 0.0408 e. The molecule has 1 aromatic carbocycles. The van der Waals surface area contributed by atoms with E-state index in [9.17, 15) is 0 Å². The van der Waals surface area contributed by atoms with E-state index in [1.54, 1.807) is 0 Å². The van der Waals surface area contributed by atoms with E-state index in [-0.39, 0.29) is 0 Å². The van der Waals surface area contributed by atoms with Crippen LogP contribution in [0.1, 0.15) is 18.4 Å². The van der Waals surface area contributed by atoms with Crippen molar-refractivity contribution in [3.05, 3.63) is 34.9 Å². The van der Waals surface area contributed by atoms with Crippen molar-refractivity contribution in [1.82, 2.24) is 0 Å². The number of halogens is 2. The van der Waals surface area contributed by atoms with Gasteiger partial charge in [-0.15, -0.1) is 11.6 Å². The fraction of sp³-hybridized carbons (Fsp3) is 0.500. The van der Waals surface area contributed by atoms with Crippen molar-refractivity contribution in [2.75, 3.05) is 5.88 Å². The Morgan fingerprint density at radius 1 is 1.36 bits per heavy atom. The first-order valence-electron chi connectivity index (χ1n) is 5.10. The summed E-state index contributed by atoms with van der Waals surface area (Å²) in [6.07, 6.45) is 3.80. The SMILES string of the molecule is ClCC(Cc1cccc(Cl)c1)C1CC1. The lowest BCUT2D eigenvalue weighted by atomic mass is 9.97. The van der Waals surface area contributed by atoms with Crippen LogP contribution in [0.3, 0.4) is 0 Å². The van der Waals surface area contributed by atoms with Gasteiger partial charge < -0.3 is 0 Å². The predicted octanol–water partition coefficient (Wildman–Crippen LogP) is 4.15. The summed E-state index contributed by atoms with van der Waals surface area (Å²) in [5, 5.41) is 0.826. The van der Waals surface area contributed by atoms with E-state index in [4.69, 9.17) is 23.2 Å². The van der Waals surface area contributed by atoms with Crippen LogP contribution in [0, 0.1) is 11.8 Å². The molecule has 0 aromatic heterocycles. The number of hydrogen-bond donors (Lipinski definition) is 0. The standard InChI is InChI=1S/C12H14Cl2/c13-8-11(10-4-5-10)6-9-2-1-3-12(14)7-9/h1-3,7,10-11H,4-6,8H2. The Bertz CT molecular complexity index is 305. The van der Waals surface area contributed by atoms with Gasteiger partial charge in [0.15, 0.2) is 0 Å². The molecule has 2 heteroatoms. The van der Waals surface area contributed by atoms with E-state index >= 15 is 0 Å². The van der Waals surface area contributed by atoms with Crippen LogP contribution < -0.4 is 0 Å². The van der Waals surface area contributed by atoms with E-state index in [0.717, 1.165) is 23.2 Å². The molecule has 1 aliphatic carbocycles. The van der Waals surface area contributed by atoms with Crippen molar-refractivity contribution in [2.24, 2.45) is 11.8 Å². The molecule has 0 heterocycles. The lowest BCUT2D eigenvalue weighted by molar-refractivity contribution is 0.513. The molecule has 76 valence electrons. The zero-order valence-electron chi connectivity index (χ0n) is 8.05. The Labute approximate surface area is 95.2 Å². The monoisotopic (exact) mass is 228 g/mol. The molecule has 0 nitrogen and oxygen atoms in total. The minimum atomic E-state index is 0.648. The molecule has 0 saturated heterocycles. The normalized spacial score (nSPS) is 18.1. The summed E-state index contributed by atoms with van der Waals surface area (Å²) < 4.78 is 0. The molecule has 14 heavy (non-hydrogen) atoms. The minimum absolute atomic E-state index is 0.648. The molecular weight excluding hydrogens is 215 g/mol. The van der Waals surface area contributed by atoms with Gasteiger partial charge in [-0.05, 0) is 48.8 Å². The van der Waals surface area contributed by atoms with E-state index in [1.165, 1.54) is 18.4 Å². The first kappa shape index (κ1) is 10.3. The molecular formula is C12H14Cl2. The Kier molecular flexibility index (Phi) is 3.35. The summed E-state index contributed by atoms with van der Waals surface area (Å²) in [4.78, 5) is 0. The summed E-state index contributed by atoms with van der Waals surface area (Å²) >= 11 is 11.9. The van der Waals surface area contributed by atoms with E-state index in [2.05, 4.69) is 6.07 Å². The molecule has 1 aliphatic rings. The first-order valence-corrected chi connectivity index (χ1v) is 6.01. The Hall–Kier alpha value is -0.200. The Balaban J connectivity index is 2.01. The van der Waals surface area contributed by atoms with E-state index in [0.29, 0.717) is 5.92 Å². The minimum Gasteiger partial charge on any atom is -0.126 e. The maximum Gasteiger partial charge on any atom is 0.0408 e. The third kappa shape index (κ3) is 2.65. The van der Waals surface area contributed by atoms with Crippen LogP contribution in [0.25, 0.3) is 0 Å². The second-order valence-corrected chi connectivity index (χ2v) is 4.83. The average Bonchev–Trinajstić information content (AvgIpc) is 2.97. The van der Waals surface area contributed by atoms with Crippen molar-refractivity contribution < 1.29 is 0 Å². The van der Waals surface area contributed by atoms with Crippen molar-refractivity contribution in [3.63, 3.8) is 0 Å². The molecule has 0 spiro atoms. The molecule has 2 rings (SSSR count). The zero-order chi connectivity index (χ0) is 9.97. The van der Waals surface area contributed by atoms with Crippen LogP contribution in [-0.2, 0) is 6.42 Å². The predicted molar refractivity (Wildman–Crippen MR) is 62.1 cm³/mol. The first-order chi connectivity index (χ1) is 6.79. The molecule has 0 radical (unpaired) electrons. The molecule has 1 unspecified atom stereocenters. The maximum absolute atomic E-state index is 5.96. The van der Waals surface area contributed by atoms with Gasteiger partial charge in [0.2, 0.25) is 0 Å². The highest BCUT2D eigenvalue weighted by atomic mass is 35.5. The molecule has 0 bridgehead atoms. The molecule has 1 aromatic rings. The van der Waals surface area contributed by atoms with E-state index in [1.807, 2.05) is 18.2 Å². The van der Waals surface area contributed by atoms with Gasteiger partial charge in [-0.25, -0.2) is 0 Å². The number of benzene rings is 1. The van der Waals surface area contributed by atoms with Gasteiger partial charge in [0.25, 0.3) is 0 Å². The van der Waals surface area contributed by atoms with Gasteiger partial charge in [0, 0.05) is 10.9 Å². The summed E-state index contributed by atoms with van der Waals surface area (Å²) in [6.45, 7) is 0. The fourth-order valence-corrected chi connectivity index (χ4v) is 2.46. The van der Waals surface area contributed by atoms with Crippen LogP contribution in [0.2, 0.25) is 5.02 Å². The van der Waals surface area contributed by atoms with Gasteiger partial charge in [0.05, 0.1) is 0 Å². The topological polar surface area (TPSA) is 0 Å². The average molecular weight is 229 g/mol. The van der Waals surface area contributed by atoms with Gasteiger partial charge in [-0.2, -0.15) is 0 Å². The van der Waals surface area contributed by atoms with E-state index < -0.39 is 0 Å². The second-order valence-electron chi connectivity index (χ2n) is 4.09. The third-order valence-electron chi connectivity index (χ3n) is 2.87. The molecule has 0 amide bonds. The summed E-state index contributed by atoms with van der Waals surface area (Å²) in [6, 6.07) is 8.10. The maximum atomic E-state index is 5.96. The summed E-state index contributed by atoms with van der Waals surface area (Å²) in [7, 11) is 0. The zero-order valence-corrected chi connectivity index (χ0v) is 9.56. The number of alkyl halides is 1. The second kappa shape index (κ2) is 4.55.